The maximum atomic E-state index is 7.25. The number of para-hydroxylation sites is 2. The first kappa shape index (κ1) is 65.1. The number of nitrogens with zero attached hydrogens (tertiary/aromatic N) is 1. The van der Waals surface area contributed by atoms with Gasteiger partial charge in [0.25, 0.3) is 0 Å². The molecule has 13 aromatic carbocycles. The first-order valence-electron chi connectivity index (χ1n) is 39.8. The molecule has 0 radical (unpaired) electrons. The Bertz CT molecular complexity index is 6190. The van der Waals surface area contributed by atoms with Crippen LogP contribution in [0.5, 0.6) is 0 Å². The van der Waals surface area contributed by atoms with E-state index in [0.29, 0.717) is 0 Å². The van der Waals surface area contributed by atoms with Crippen molar-refractivity contribution in [3.63, 3.8) is 0 Å². The van der Waals surface area contributed by atoms with Crippen molar-refractivity contribution in [2.24, 2.45) is 0 Å². The molecule has 0 atom stereocenters. The fourth-order valence-electron chi connectivity index (χ4n) is 21.3. The highest BCUT2D eigenvalue weighted by Crippen LogP contribution is 2.65. The average molecular weight is 1380 g/mol. The second-order valence-corrected chi connectivity index (χ2v) is 34.1. The Labute approximate surface area is 625 Å². The summed E-state index contributed by atoms with van der Waals surface area (Å²) >= 11 is 0. The Morgan fingerprint density at radius 3 is 1.38 bits per heavy atom. The lowest BCUT2D eigenvalue weighted by atomic mass is 9.70. The molecule has 20 rings (SSSR count). The number of benzene rings is 13. The molecular weight excluding hydrogens is 1280 g/mol. The molecule has 2 heterocycles. The van der Waals surface area contributed by atoms with Crippen molar-refractivity contribution < 1.29 is 8.83 Å². The van der Waals surface area contributed by atoms with Gasteiger partial charge in [0.1, 0.15) is 22.3 Å². The van der Waals surface area contributed by atoms with Crippen molar-refractivity contribution in [1.29, 1.82) is 0 Å². The van der Waals surface area contributed by atoms with E-state index in [4.69, 9.17) is 8.83 Å². The first-order valence-corrected chi connectivity index (χ1v) is 39.8. The van der Waals surface area contributed by atoms with Crippen LogP contribution in [-0.4, -0.2) is 0 Å². The lowest BCUT2D eigenvalue weighted by molar-refractivity contribution is 0.399. The standard InChI is InChI=1S/C103H93NO2/c1-11-13-15-17-29-53-103(54-30-18-16-14-12-2)81-38-26-21-33-70(81)73-49-43-65(57-86(73)103)64-42-48-71-72-50-44-66(58-83(72)99(3,4)82(71)56-64)79-61-87-90(92-77-35-23-27-39-88(77)105-97(79)92)75-51-46-68(59-84(75)100(87,5)6)104(67-45-41-62-31-19-20-32-63(62)55-67)69-47-52-76-85(60-69)102(9,10)95-91(76)93-78-36-24-28-40-89(78)106-98(93)94-74-34-22-25-37-80(74)101(7,8)96(94)95/h19-28,31-52,55-61H,11-18,29-30,53-54H2,1-10H3. The van der Waals surface area contributed by atoms with Crippen molar-refractivity contribution in [2.75, 3.05) is 4.90 Å². The summed E-state index contributed by atoms with van der Waals surface area (Å²) in [5, 5.41) is 7.15. The SMILES string of the molecule is CCCCCCCC1(CCCCCCC)c2ccccc2-c2ccc(-c3ccc4c(c3)C(C)(C)c3cc(-c5cc6c(c7c5oc5ccccc57)-c5ccc(N(c7ccc8c(c7)C(C)(C)c7c9c(c%10oc%11ccccc%11c%10c7-8)-c7ccccc7C9(C)C)c7ccc8ccccc8c7)cc5C6(C)C)ccc3-4)cc21. The molecule has 0 saturated carbocycles. The summed E-state index contributed by atoms with van der Waals surface area (Å²) in [5.41, 5.74) is 38.0. The zero-order chi connectivity index (χ0) is 71.9. The van der Waals surface area contributed by atoms with E-state index in [1.54, 1.807) is 11.1 Å². The summed E-state index contributed by atoms with van der Waals surface area (Å²) in [6, 6.07) is 91.1. The molecule has 3 heteroatoms. The second-order valence-electron chi connectivity index (χ2n) is 34.1. The number of anilines is 3. The van der Waals surface area contributed by atoms with Gasteiger partial charge in [-0.3, -0.25) is 0 Å². The highest BCUT2D eigenvalue weighted by molar-refractivity contribution is 6.22. The summed E-state index contributed by atoms with van der Waals surface area (Å²) in [6.07, 6.45) is 15.4. The minimum atomic E-state index is -0.395. The third-order valence-corrected chi connectivity index (χ3v) is 26.7. The van der Waals surface area contributed by atoms with Gasteiger partial charge < -0.3 is 13.7 Å². The number of hydrogen-bond acceptors (Lipinski definition) is 3. The summed E-state index contributed by atoms with van der Waals surface area (Å²) in [6.45, 7) is 24.3. The Hall–Kier alpha value is -10.5. The van der Waals surface area contributed by atoms with Gasteiger partial charge in [0.2, 0.25) is 0 Å². The van der Waals surface area contributed by atoms with E-state index in [1.807, 2.05) is 0 Å². The Kier molecular flexibility index (Phi) is 14.6. The molecule has 0 fully saturated rings. The fraction of sp³-hybridized carbons (Fsp3) is 0.262. The van der Waals surface area contributed by atoms with Gasteiger partial charge in [-0.1, -0.05) is 297 Å². The van der Waals surface area contributed by atoms with Crippen LogP contribution in [0.25, 0.3) is 133 Å². The predicted octanol–water partition coefficient (Wildman–Crippen LogP) is 29.7. The van der Waals surface area contributed by atoms with Crippen molar-refractivity contribution in [3.05, 3.63) is 292 Å². The molecule has 2 aromatic heterocycles. The number of unbranched alkanes of at least 4 members (excludes halogenated alkanes) is 8. The van der Waals surface area contributed by atoms with Crippen LogP contribution in [0.4, 0.5) is 17.1 Å². The van der Waals surface area contributed by atoms with Crippen LogP contribution in [0.1, 0.15) is 202 Å². The van der Waals surface area contributed by atoms with Gasteiger partial charge in [-0.25, -0.2) is 0 Å². The normalized spacial score (nSPS) is 15.7. The smallest absolute Gasteiger partial charge is 0.144 e. The van der Waals surface area contributed by atoms with Gasteiger partial charge in [0.15, 0.2) is 0 Å². The highest BCUT2D eigenvalue weighted by atomic mass is 16.3. The van der Waals surface area contributed by atoms with Crippen LogP contribution in [0.2, 0.25) is 0 Å². The maximum Gasteiger partial charge on any atom is 0.144 e. The van der Waals surface area contributed by atoms with E-state index in [-0.39, 0.29) is 21.7 Å². The van der Waals surface area contributed by atoms with Gasteiger partial charge in [-0.2, -0.15) is 0 Å². The van der Waals surface area contributed by atoms with Crippen molar-refractivity contribution in [1.82, 2.24) is 0 Å². The number of fused-ring (bicyclic) bond motifs is 26. The molecular formula is C103H93NO2. The quantitative estimate of drug-likeness (QED) is 0.0851. The van der Waals surface area contributed by atoms with E-state index in [0.717, 1.165) is 50.3 Å². The van der Waals surface area contributed by atoms with Crippen LogP contribution in [0.15, 0.2) is 245 Å². The van der Waals surface area contributed by atoms with Crippen LogP contribution < -0.4 is 4.90 Å². The molecule has 0 N–H and O–H groups in total. The molecule has 0 unspecified atom stereocenters. The average Bonchev–Trinajstić information content (AvgIpc) is 1.50. The second kappa shape index (κ2) is 23.8. The topological polar surface area (TPSA) is 29.5 Å². The Morgan fingerprint density at radius 2 is 0.717 bits per heavy atom. The summed E-state index contributed by atoms with van der Waals surface area (Å²) in [7, 11) is 0. The number of furan rings is 2. The molecule has 0 aliphatic heterocycles. The van der Waals surface area contributed by atoms with Crippen LogP contribution in [-0.2, 0) is 27.1 Å². The van der Waals surface area contributed by atoms with E-state index in [2.05, 4.69) is 311 Å². The van der Waals surface area contributed by atoms with Crippen LogP contribution >= 0.6 is 0 Å². The first-order chi connectivity index (χ1) is 51.5. The third kappa shape index (κ3) is 9.23. The molecule has 5 aliphatic carbocycles. The van der Waals surface area contributed by atoms with Crippen molar-refractivity contribution in [2.45, 2.75) is 173 Å². The van der Waals surface area contributed by atoms with Gasteiger partial charge in [-0.15, -0.1) is 0 Å². The summed E-state index contributed by atoms with van der Waals surface area (Å²) in [4.78, 5) is 2.53. The molecule has 0 spiro atoms. The largest absolute Gasteiger partial charge is 0.455 e. The van der Waals surface area contributed by atoms with E-state index < -0.39 is 5.41 Å². The molecule has 106 heavy (non-hydrogen) atoms. The summed E-state index contributed by atoms with van der Waals surface area (Å²) in [5.74, 6) is 0. The molecule has 15 aromatic rings. The predicted molar refractivity (Wildman–Crippen MR) is 447 cm³/mol. The number of hydrogen-bond donors (Lipinski definition) is 0. The Morgan fingerprint density at radius 1 is 0.283 bits per heavy atom. The molecule has 0 bridgehead atoms. The number of rotatable bonds is 17. The molecule has 0 amide bonds. The van der Waals surface area contributed by atoms with Crippen molar-refractivity contribution in [3.8, 4) is 77.9 Å². The Balaban J connectivity index is 0.688. The molecule has 3 nitrogen and oxygen atoms in total. The van der Waals surface area contributed by atoms with Gasteiger partial charge in [0.05, 0.1) is 0 Å². The lowest BCUT2D eigenvalue weighted by Crippen LogP contribution is -2.25. The minimum absolute atomic E-state index is 0.0301. The molecule has 0 saturated heterocycles. The zero-order valence-electron chi connectivity index (χ0n) is 63.3. The fourth-order valence-corrected chi connectivity index (χ4v) is 21.3. The zero-order valence-corrected chi connectivity index (χ0v) is 63.3. The summed E-state index contributed by atoms with van der Waals surface area (Å²) < 4.78 is 14.3. The minimum Gasteiger partial charge on any atom is -0.455 e. The van der Waals surface area contributed by atoms with Gasteiger partial charge in [-0.05, 0) is 219 Å². The van der Waals surface area contributed by atoms with Crippen molar-refractivity contribution >= 4 is 71.7 Å². The van der Waals surface area contributed by atoms with E-state index >= 15 is 0 Å². The third-order valence-electron chi connectivity index (χ3n) is 26.7. The molecule has 5 aliphatic rings. The van der Waals surface area contributed by atoms with E-state index in [9.17, 15) is 0 Å². The molecule has 522 valence electrons. The van der Waals surface area contributed by atoms with Crippen LogP contribution in [0.3, 0.4) is 0 Å². The van der Waals surface area contributed by atoms with Crippen LogP contribution in [0, 0.1) is 0 Å². The maximum absolute atomic E-state index is 7.25. The van der Waals surface area contributed by atoms with Gasteiger partial charge in [0, 0.05) is 76.8 Å². The monoisotopic (exact) mass is 1380 g/mol. The van der Waals surface area contributed by atoms with E-state index in [1.165, 1.54) is 221 Å². The highest BCUT2D eigenvalue weighted by Gasteiger charge is 2.50. The van der Waals surface area contributed by atoms with Gasteiger partial charge >= 0.3 is 0 Å². The lowest BCUT2D eigenvalue weighted by Gasteiger charge is -2.33.